The van der Waals surface area contributed by atoms with Gasteiger partial charge in [-0.2, -0.15) is 0 Å². The number of urea groups is 1. The summed E-state index contributed by atoms with van der Waals surface area (Å²) in [6, 6.07) is 13.6. The summed E-state index contributed by atoms with van der Waals surface area (Å²) in [5, 5.41) is 20.3. The molecule has 2 atom stereocenters. The first-order valence-electron chi connectivity index (χ1n) is 12.7. The molecule has 12 heteroatoms. The van der Waals surface area contributed by atoms with Crippen LogP contribution in [0.25, 0.3) is 0 Å². The lowest BCUT2D eigenvalue weighted by atomic mass is 10.1. The number of carboxylic acid groups (broad SMARTS) is 1. The highest BCUT2D eigenvalue weighted by Gasteiger charge is 2.27. The number of amides is 4. The number of anilines is 1. The van der Waals surface area contributed by atoms with Gasteiger partial charge >= 0.3 is 12.0 Å². The van der Waals surface area contributed by atoms with Crippen LogP contribution in [0.5, 0.6) is 0 Å². The summed E-state index contributed by atoms with van der Waals surface area (Å²) in [6.07, 6.45) is 1.56. The van der Waals surface area contributed by atoms with Gasteiger partial charge in [0.15, 0.2) is 0 Å². The van der Waals surface area contributed by atoms with E-state index in [0.717, 1.165) is 29.5 Å². The Kier molecular flexibility index (Phi) is 9.75. The number of hydrogen-bond acceptors (Lipinski definition) is 4. The van der Waals surface area contributed by atoms with Crippen LogP contribution >= 0.6 is 34.8 Å². The van der Waals surface area contributed by atoms with Crippen molar-refractivity contribution in [1.29, 1.82) is 0 Å². The minimum absolute atomic E-state index is 0.00174. The van der Waals surface area contributed by atoms with Crippen molar-refractivity contribution in [2.24, 2.45) is 0 Å². The van der Waals surface area contributed by atoms with Gasteiger partial charge in [-0.05, 0) is 60.2 Å². The number of carbonyl (C=O) groups is 4. The molecule has 0 heterocycles. The predicted octanol–water partition coefficient (Wildman–Crippen LogP) is 5.31. The first-order valence-corrected chi connectivity index (χ1v) is 13.9. The average Bonchev–Trinajstić information content (AvgIpc) is 3.32. The van der Waals surface area contributed by atoms with Crippen molar-refractivity contribution in [3.05, 3.63) is 97.5 Å². The van der Waals surface area contributed by atoms with E-state index < -0.39 is 36.4 Å². The fraction of sp³-hybridized carbons (Fsp3) is 0.241. The molecule has 0 saturated heterocycles. The molecule has 41 heavy (non-hydrogen) atoms. The number of carbonyl (C=O) groups excluding carboxylic acids is 3. The number of hydrogen-bond donors (Lipinski definition) is 5. The normalized spacial score (nSPS) is 14.5. The predicted molar refractivity (Wildman–Crippen MR) is 158 cm³/mol. The lowest BCUT2D eigenvalue weighted by molar-refractivity contribution is -0.139. The molecule has 5 N–H and O–H groups in total. The van der Waals surface area contributed by atoms with Crippen molar-refractivity contribution in [3.8, 4) is 0 Å². The van der Waals surface area contributed by atoms with E-state index in [4.69, 9.17) is 34.8 Å². The molecule has 0 saturated carbocycles. The lowest BCUT2D eigenvalue weighted by Gasteiger charge is -2.19. The molecule has 0 aliphatic heterocycles. The summed E-state index contributed by atoms with van der Waals surface area (Å²) >= 11 is 18.8. The number of rotatable bonds is 9. The van der Waals surface area contributed by atoms with Crippen LogP contribution in [0.4, 0.5) is 10.5 Å². The van der Waals surface area contributed by atoms with Crippen LogP contribution in [-0.4, -0.2) is 41.5 Å². The third-order valence-corrected chi connectivity index (χ3v) is 7.82. The summed E-state index contributed by atoms with van der Waals surface area (Å²) in [5.74, 6) is -2.68. The van der Waals surface area contributed by atoms with E-state index in [-0.39, 0.29) is 33.8 Å². The van der Waals surface area contributed by atoms with Crippen LogP contribution in [0.2, 0.25) is 15.1 Å². The molecule has 214 valence electrons. The van der Waals surface area contributed by atoms with Crippen molar-refractivity contribution in [2.75, 3.05) is 11.9 Å². The molecule has 1 aliphatic rings. The quantitative estimate of drug-likeness (QED) is 0.222. The molecular formula is C29H27Cl3N4O5. The molecule has 0 aromatic heterocycles. The fourth-order valence-corrected chi connectivity index (χ4v) is 5.32. The SMILES string of the molecule is Cc1ccc(CC(=O)Nc2ccc(Cl)c(C(=O)N[C@@H](CNC(=O)N[C@@H]3CCc4ccccc43)C(=O)O)c2Cl)cc1Cl. The molecular weight excluding hydrogens is 591 g/mol. The Bertz CT molecular complexity index is 1510. The van der Waals surface area contributed by atoms with Gasteiger partial charge in [-0.1, -0.05) is 71.2 Å². The molecule has 0 unspecified atom stereocenters. The first kappa shape index (κ1) is 30.2. The number of benzene rings is 3. The van der Waals surface area contributed by atoms with Gasteiger partial charge in [0, 0.05) is 5.02 Å². The van der Waals surface area contributed by atoms with Crippen molar-refractivity contribution >= 4 is 64.3 Å². The van der Waals surface area contributed by atoms with Crippen LogP contribution in [0.3, 0.4) is 0 Å². The first-order chi connectivity index (χ1) is 19.5. The molecule has 0 fully saturated rings. The topological polar surface area (TPSA) is 137 Å². The highest BCUT2D eigenvalue weighted by molar-refractivity contribution is 6.41. The zero-order chi connectivity index (χ0) is 29.7. The van der Waals surface area contributed by atoms with Crippen LogP contribution in [-0.2, 0) is 22.4 Å². The van der Waals surface area contributed by atoms with Crippen LogP contribution in [0.15, 0.2) is 54.6 Å². The second-order valence-electron chi connectivity index (χ2n) is 9.60. The van der Waals surface area contributed by atoms with Crippen molar-refractivity contribution in [1.82, 2.24) is 16.0 Å². The second kappa shape index (κ2) is 13.2. The second-order valence-corrected chi connectivity index (χ2v) is 10.8. The Hall–Kier alpha value is -3.79. The maximum Gasteiger partial charge on any atom is 0.328 e. The number of halogens is 3. The summed E-state index contributed by atoms with van der Waals surface area (Å²) in [7, 11) is 0. The number of nitrogens with one attached hydrogen (secondary N) is 4. The van der Waals surface area contributed by atoms with E-state index in [0.29, 0.717) is 10.6 Å². The van der Waals surface area contributed by atoms with Crippen LogP contribution < -0.4 is 21.3 Å². The molecule has 0 radical (unpaired) electrons. The summed E-state index contributed by atoms with van der Waals surface area (Å²) in [6.45, 7) is 1.45. The third-order valence-electron chi connectivity index (χ3n) is 6.70. The average molecular weight is 618 g/mol. The maximum absolute atomic E-state index is 13.1. The Labute approximate surface area is 251 Å². The van der Waals surface area contributed by atoms with Crippen molar-refractivity contribution in [2.45, 2.75) is 38.3 Å². The van der Waals surface area contributed by atoms with Gasteiger partial charge < -0.3 is 26.4 Å². The zero-order valence-corrected chi connectivity index (χ0v) is 24.2. The molecule has 4 rings (SSSR count). The van der Waals surface area contributed by atoms with E-state index in [1.807, 2.05) is 31.2 Å². The molecule has 1 aliphatic carbocycles. The monoisotopic (exact) mass is 616 g/mol. The van der Waals surface area contributed by atoms with Gasteiger partial charge in [-0.3, -0.25) is 9.59 Å². The Morgan fingerprint density at radius 1 is 1.00 bits per heavy atom. The Morgan fingerprint density at radius 3 is 2.49 bits per heavy atom. The standard InChI is InChI=1S/C29H27Cl3N4O5/c1-15-6-7-16(12-20(15)31)13-24(37)34-22-11-9-19(30)25(26(22)32)27(38)35-23(28(39)40)14-33-29(41)36-21-10-8-17-4-2-3-5-18(17)21/h2-7,9,11-12,21,23H,8,10,13-14H2,1H3,(H,34,37)(H,35,38)(H,39,40)(H2,33,36,41)/t21-,23+/m1/s1. The summed E-state index contributed by atoms with van der Waals surface area (Å²) in [4.78, 5) is 50.1. The minimum Gasteiger partial charge on any atom is -0.480 e. The van der Waals surface area contributed by atoms with E-state index in [2.05, 4.69) is 21.3 Å². The third kappa shape index (κ3) is 7.49. The highest BCUT2D eigenvalue weighted by Crippen LogP contribution is 2.32. The van der Waals surface area contributed by atoms with Crippen LogP contribution in [0, 0.1) is 6.92 Å². The fourth-order valence-electron chi connectivity index (χ4n) is 4.52. The van der Waals surface area contributed by atoms with Gasteiger partial charge in [-0.25, -0.2) is 9.59 Å². The Morgan fingerprint density at radius 2 is 1.76 bits per heavy atom. The largest absolute Gasteiger partial charge is 0.480 e. The highest BCUT2D eigenvalue weighted by atomic mass is 35.5. The molecule has 0 bridgehead atoms. The van der Waals surface area contributed by atoms with Gasteiger partial charge in [0.25, 0.3) is 5.91 Å². The number of aryl methyl sites for hydroxylation is 2. The lowest BCUT2D eigenvalue weighted by Crippen LogP contribution is -2.50. The van der Waals surface area contributed by atoms with E-state index in [1.54, 1.807) is 18.2 Å². The zero-order valence-electron chi connectivity index (χ0n) is 21.9. The molecule has 3 aromatic carbocycles. The van der Waals surface area contributed by atoms with Gasteiger partial charge in [-0.15, -0.1) is 0 Å². The van der Waals surface area contributed by atoms with E-state index in [1.165, 1.54) is 12.1 Å². The molecule has 0 spiro atoms. The van der Waals surface area contributed by atoms with E-state index in [9.17, 15) is 24.3 Å². The summed E-state index contributed by atoms with van der Waals surface area (Å²) in [5.41, 5.74) is 3.62. The van der Waals surface area contributed by atoms with Gasteiger partial charge in [0.2, 0.25) is 5.91 Å². The molecule has 4 amide bonds. The number of fused-ring (bicyclic) bond motifs is 1. The van der Waals surface area contributed by atoms with Gasteiger partial charge in [0.1, 0.15) is 6.04 Å². The summed E-state index contributed by atoms with van der Waals surface area (Å²) < 4.78 is 0. The van der Waals surface area contributed by atoms with Crippen LogP contribution in [0.1, 0.15) is 45.1 Å². The molecule has 9 nitrogen and oxygen atoms in total. The number of aliphatic carboxylic acids is 1. The maximum atomic E-state index is 13.1. The van der Waals surface area contributed by atoms with E-state index >= 15 is 0 Å². The number of carboxylic acids is 1. The smallest absolute Gasteiger partial charge is 0.328 e. The van der Waals surface area contributed by atoms with Crippen molar-refractivity contribution < 1.29 is 24.3 Å². The minimum atomic E-state index is -1.49. The van der Waals surface area contributed by atoms with Crippen molar-refractivity contribution in [3.63, 3.8) is 0 Å². The van der Waals surface area contributed by atoms with Gasteiger partial charge in [0.05, 0.1) is 40.3 Å². The Balaban J connectivity index is 1.38. The molecule has 3 aromatic rings.